The summed E-state index contributed by atoms with van der Waals surface area (Å²) >= 11 is 0. The molecular formula is C88H144NO8P. The van der Waals surface area contributed by atoms with E-state index in [0.717, 1.165) is 154 Å². The van der Waals surface area contributed by atoms with Crippen LogP contribution in [-0.2, 0) is 32.7 Å². The van der Waals surface area contributed by atoms with Gasteiger partial charge in [-0.2, -0.15) is 0 Å². The van der Waals surface area contributed by atoms with Crippen LogP contribution in [0.2, 0.25) is 0 Å². The number of allylic oxidation sites excluding steroid dienone is 32. The fourth-order valence-electron chi connectivity index (χ4n) is 10.2. The number of ether oxygens (including phenoxy) is 2. The van der Waals surface area contributed by atoms with Crippen molar-refractivity contribution in [1.82, 2.24) is 0 Å². The lowest BCUT2D eigenvalue weighted by Gasteiger charge is -2.28. The van der Waals surface area contributed by atoms with Crippen LogP contribution in [0.25, 0.3) is 0 Å². The number of phosphoric ester groups is 1. The number of hydrogen-bond donors (Lipinski definition) is 0. The number of esters is 2. The predicted molar refractivity (Wildman–Crippen MR) is 424 cm³/mol. The molecule has 9 nitrogen and oxygen atoms in total. The molecular weight excluding hydrogens is 1230 g/mol. The van der Waals surface area contributed by atoms with E-state index in [9.17, 15) is 19.0 Å². The predicted octanol–water partition coefficient (Wildman–Crippen LogP) is 25.8. The minimum atomic E-state index is -4.66. The Morgan fingerprint density at radius 1 is 0.316 bits per heavy atom. The first-order valence-electron chi connectivity index (χ1n) is 39.1. The molecule has 0 amide bonds. The molecule has 0 fully saturated rings. The molecule has 0 rings (SSSR count). The molecule has 0 aromatic heterocycles. The molecule has 0 aliphatic carbocycles. The molecule has 0 aromatic carbocycles. The summed E-state index contributed by atoms with van der Waals surface area (Å²) in [4.78, 5) is 38.2. The number of likely N-dealkylation sites (N-methyl/N-ethyl adjacent to an activating group) is 1. The van der Waals surface area contributed by atoms with E-state index in [-0.39, 0.29) is 32.0 Å². The van der Waals surface area contributed by atoms with E-state index >= 15 is 0 Å². The van der Waals surface area contributed by atoms with Gasteiger partial charge in [-0.05, 0) is 141 Å². The summed E-state index contributed by atoms with van der Waals surface area (Å²) in [5, 5.41) is 0. The first kappa shape index (κ1) is 92.8. The first-order chi connectivity index (χ1) is 48.0. The number of hydrogen-bond acceptors (Lipinski definition) is 8. The van der Waals surface area contributed by atoms with Crippen molar-refractivity contribution in [3.05, 3.63) is 194 Å². The van der Waals surface area contributed by atoms with Crippen LogP contribution in [0, 0.1) is 0 Å². The lowest BCUT2D eigenvalue weighted by atomic mass is 10.0. The number of unbranched alkanes of at least 4 members (excludes halogenated alkanes) is 24. The molecule has 98 heavy (non-hydrogen) atoms. The van der Waals surface area contributed by atoms with Gasteiger partial charge in [0.05, 0.1) is 27.7 Å². The Morgan fingerprint density at radius 3 is 0.816 bits per heavy atom. The second-order valence-electron chi connectivity index (χ2n) is 26.6. The Hall–Kier alpha value is -5.15. The molecule has 10 heteroatoms. The summed E-state index contributed by atoms with van der Waals surface area (Å²) in [6, 6.07) is 0. The van der Waals surface area contributed by atoms with Gasteiger partial charge in [-0.1, -0.05) is 337 Å². The van der Waals surface area contributed by atoms with E-state index < -0.39 is 26.5 Å². The van der Waals surface area contributed by atoms with Crippen LogP contribution < -0.4 is 4.89 Å². The number of rotatable bonds is 70. The zero-order chi connectivity index (χ0) is 71.1. The van der Waals surface area contributed by atoms with E-state index in [4.69, 9.17) is 18.5 Å². The van der Waals surface area contributed by atoms with E-state index in [1.54, 1.807) is 0 Å². The lowest BCUT2D eigenvalue weighted by Crippen LogP contribution is -2.37. The average Bonchev–Trinajstić information content (AvgIpc) is 1.08. The van der Waals surface area contributed by atoms with Gasteiger partial charge in [-0.3, -0.25) is 14.2 Å². The van der Waals surface area contributed by atoms with E-state index in [1.807, 2.05) is 21.1 Å². The minimum Gasteiger partial charge on any atom is -0.756 e. The largest absolute Gasteiger partial charge is 0.756 e. The van der Waals surface area contributed by atoms with Gasteiger partial charge in [0.15, 0.2) is 6.10 Å². The van der Waals surface area contributed by atoms with Crippen LogP contribution >= 0.6 is 7.82 Å². The van der Waals surface area contributed by atoms with Crippen molar-refractivity contribution in [2.45, 2.75) is 302 Å². The second kappa shape index (κ2) is 76.0. The van der Waals surface area contributed by atoms with Crippen molar-refractivity contribution in [2.75, 3.05) is 47.5 Å². The van der Waals surface area contributed by atoms with Crippen LogP contribution in [0.5, 0.6) is 0 Å². The van der Waals surface area contributed by atoms with Crippen LogP contribution in [0.15, 0.2) is 194 Å². The molecule has 0 bridgehead atoms. The van der Waals surface area contributed by atoms with E-state index in [2.05, 4.69) is 208 Å². The third-order valence-corrected chi connectivity index (χ3v) is 17.1. The molecule has 0 saturated carbocycles. The Balaban J connectivity index is 4.09. The van der Waals surface area contributed by atoms with Gasteiger partial charge >= 0.3 is 11.9 Å². The maximum absolute atomic E-state index is 12.9. The van der Waals surface area contributed by atoms with Crippen LogP contribution in [0.3, 0.4) is 0 Å². The molecule has 0 N–H and O–H groups in total. The maximum Gasteiger partial charge on any atom is 0.306 e. The molecule has 0 aromatic rings. The summed E-state index contributed by atoms with van der Waals surface area (Å²) in [6.07, 6.45) is 118. The van der Waals surface area contributed by atoms with E-state index in [1.165, 1.54) is 109 Å². The second-order valence-corrected chi connectivity index (χ2v) is 28.0. The quantitative estimate of drug-likeness (QED) is 0.0195. The Bertz CT molecular complexity index is 2360. The summed E-state index contributed by atoms with van der Waals surface area (Å²) in [5.41, 5.74) is 0. The molecule has 2 atom stereocenters. The van der Waals surface area contributed by atoms with E-state index in [0.29, 0.717) is 17.4 Å². The van der Waals surface area contributed by atoms with Crippen molar-refractivity contribution in [2.24, 2.45) is 0 Å². The number of carbonyl (C=O) groups excluding carboxylic acids is 2. The molecule has 0 aliphatic heterocycles. The standard InChI is InChI=1S/C88H144NO8P/c1-6-8-10-12-14-16-18-20-22-24-26-28-30-32-34-36-38-40-41-42-43-44-45-46-47-49-51-53-55-57-59-61-63-65-67-69-71-73-75-77-79-81-88(91)97-86(85-96-98(92,93)95-83-82-89(3,4)5)84-94-87(90)80-78-76-74-72-70-68-66-64-62-60-58-56-54-52-50-48-39-37-35-33-31-29-27-25-23-21-19-17-15-13-11-9-7-2/h8-11,14-17,20-23,26-29,32-35,38,40,42-43,45-46,49,51,55,57,61,63,86H,6-7,12-13,18-19,24-25,30-31,36-37,39,41,44,47-48,50,52-54,56,58-60,62,64-85H2,1-5H3/b10-8-,11-9-,16-14-,17-15-,22-20-,23-21-,28-26-,29-27-,34-32-,35-33-,40-38-,43-42-,46-45-,51-49-,57-55-,63-61-. The highest BCUT2D eigenvalue weighted by Crippen LogP contribution is 2.38. The Morgan fingerprint density at radius 2 is 0.551 bits per heavy atom. The normalized spacial score (nSPS) is 14.1. The molecule has 0 radical (unpaired) electrons. The highest BCUT2D eigenvalue weighted by atomic mass is 31.2. The number of carbonyl (C=O) groups is 2. The summed E-state index contributed by atoms with van der Waals surface area (Å²) in [7, 11) is 1.14. The maximum atomic E-state index is 12.9. The fourth-order valence-corrected chi connectivity index (χ4v) is 10.9. The van der Waals surface area contributed by atoms with Crippen LogP contribution in [0.1, 0.15) is 296 Å². The Kier molecular flexibility index (Phi) is 72.0. The van der Waals surface area contributed by atoms with Crippen molar-refractivity contribution in [1.29, 1.82) is 0 Å². The smallest absolute Gasteiger partial charge is 0.306 e. The topological polar surface area (TPSA) is 111 Å². The monoisotopic (exact) mass is 1370 g/mol. The van der Waals surface area contributed by atoms with Crippen LogP contribution in [0.4, 0.5) is 0 Å². The van der Waals surface area contributed by atoms with Gasteiger partial charge in [-0.25, -0.2) is 0 Å². The van der Waals surface area contributed by atoms with Gasteiger partial charge in [0.2, 0.25) is 0 Å². The van der Waals surface area contributed by atoms with Gasteiger partial charge in [-0.15, -0.1) is 0 Å². The number of phosphoric acid groups is 1. The minimum absolute atomic E-state index is 0.0416. The van der Waals surface area contributed by atoms with Crippen LogP contribution in [-0.4, -0.2) is 70.0 Å². The third-order valence-electron chi connectivity index (χ3n) is 16.1. The number of nitrogens with zero attached hydrogens (tertiary/aromatic N) is 1. The van der Waals surface area contributed by atoms with Crippen molar-refractivity contribution in [3.8, 4) is 0 Å². The zero-order valence-electron chi connectivity index (χ0n) is 63.2. The van der Waals surface area contributed by atoms with Crippen molar-refractivity contribution in [3.63, 3.8) is 0 Å². The van der Waals surface area contributed by atoms with Gasteiger partial charge in [0.1, 0.15) is 19.8 Å². The summed E-state index contributed by atoms with van der Waals surface area (Å²) in [6.45, 7) is 4.00. The Labute approximate surface area is 603 Å². The van der Waals surface area contributed by atoms with Crippen molar-refractivity contribution >= 4 is 19.8 Å². The number of quaternary nitrogens is 1. The molecule has 554 valence electrons. The van der Waals surface area contributed by atoms with Gasteiger partial charge < -0.3 is 27.9 Å². The summed E-state index contributed by atoms with van der Waals surface area (Å²) in [5.74, 6) is -0.851. The zero-order valence-corrected chi connectivity index (χ0v) is 64.0. The van der Waals surface area contributed by atoms with Crippen molar-refractivity contribution < 1.29 is 42.1 Å². The highest BCUT2D eigenvalue weighted by molar-refractivity contribution is 7.45. The summed E-state index contributed by atoms with van der Waals surface area (Å²) < 4.78 is 34.4. The molecule has 0 spiro atoms. The average molecular weight is 1380 g/mol. The first-order valence-corrected chi connectivity index (χ1v) is 40.6. The molecule has 2 unspecified atom stereocenters. The molecule has 0 saturated heterocycles. The third kappa shape index (κ3) is 79.8. The lowest BCUT2D eigenvalue weighted by molar-refractivity contribution is -0.870. The van der Waals surface area contributed by atoms with Gasteiger partial charge in [0, 0.05) is 12.8 Å². The highest BCUT2D eigenvalue weighted by Gasteiger charge is 2.22. The SMILES string of the molecule is CC/C=C\C/C=C\C/C=C\C/C=C\C/C=C\C/C=C\C/C=C\C/C=C\C/C=C\C/C=C\C/C=C\CCCCCCCCCC(=O)OC(COC(=O)CCCCCCCCCCCCCCCCCCC/C=C\C/C=C\C/C=C\C/C=C\C/C=C\CC)COP(=O)([O-])OCC[N+](C)(C)C. The molecule has 0 heterocycles. The van der Waals surface area contributed by atoms with Gasteiger partial charge in [0.25, 0.3) is 7.82 Å². The molecule has 0 aliphatic rings. The fraction of sp³-hybridized carbons (Fsp3) is 0.614.